The number of aromatic nitrogens is 2. The predicted octanol–water partition coefficient (Wildman–Crippen LogP) is 3.59. The molecular weight excluding hydrogens is 238 g/mol. The minimum Gasteiger partial charge on any atom is -0.245 e. The van der Waals surface area contributed by atoms with Gasteiger partial charge in [-0.3, -0.25) is 0 Å². The van der Waals surface area contributed by atoms with Gasteiger partial charge in [-0.15, -0.1) is 0 Å². The topological polar surface area (TPSA) is 25.8 Å². The van der Waals surface area contributed by atoms with Crippen molar-refractivity contribution in [2.24, 2.45) is 0 Å². The van der Waals surface area contributed by atoms with Crippen molar-refractivity contribution >= 4 is 23.2 Å². The lowest BCUT2D eigenvalue weighted by atomic mass is 10.1. The lowest BCUT2D eigenvalue weighted by Gasteiger charge is -2.03. The number of hydrogen-bond donors (Lipinski definition) is 0. The van der Waals surface area contributed by atoms with E-state index in [2.05, 4.69) is 9.97 Å². The highest BCUT2D eigenvalue weighted by molar-refractivity contribution is 6.30. The summed E-state index contributed by atoms with van der Waals surface area (Å²) in [6.45, 7) is 0. The average molecular weight is 243 g/mol. The Hall–Kier alpha value is -1.19. The van der Waals surface area contributed by atoms with Gasteiger partial charge in [0.15, 0.2) is 11.0 Å². The number of rotatable bonds is 1. The molecule has 0 N–H and O–H groups in total. The van der Waals surface area contributed by atoms with Gasteiger partial charge in [0.05, 0.1) is 0 Å². The fourth-order valence-corrected chi connectivity index (χ4v) is 1.54. The second-order valence-corrected chi connectivity index (χ2v) is 3.58. The zero-order valence-corrected chi connectivity index (χ0v) is 8.93. The highest BCUT2D eigenvalue weighted by Crippen LogP contribution is 2.26. The minimum absolute atomic E-state index is 0.152. The smallest absolute Gasteiger partial charge is 0.168 e. The summed E-state index contributed by atoms with van der Waals surface area (Å²) in [5.41, 5.74) is 0.983. The van der Waals surface area contributed by atoms with Gasteiger partial charge in [-0.25, -0.2) is 14.4 Å². The Bertz CT molecular complexity index is 503. The molecular formula is C10H5Cl2FN2. The summed E-state index contributed by atoms with van der Waals surface area (Å²) >= 11 is 11.3. The molecule has 5 heteroatoms. The SMILES string of the molecule is Fc1c(-c2ccnc(Cl)c2)ccnc1Cl. The summed E-state index contributed by atoms with van der Waals surface area (Å²) in [5, 5.41) is 0.153. The van der Waals surface area contributed by atoms with Crippen molar-refractivity contribution in [3.63, 3.8) is 0 Å². The molecule has 2 nitrogen and oxygen atoms in total. The Labute approximate surface area is 95.7 Å². The van der Waals surface area contributed by atoms with E-state index in [0.717, 1.165) is 0 Å². The molecule has 0 radical (unpaired) electrons. The second-order valence-electron chi connectivity index (χ2n) is 2.83. The van der Waals surface area contributed by atoms with Gasteiger partial charge in [0.1, 0.15) is 5.15 Å². The van der Waals surface area contributed by atoms with Crippen molar-refractivity contribution in [2.75, 3.05) is 0 Å². The van der Waals surface area contributed by atoms with E-state index >= 15 is 0 Å². The fourth-order valence-electron chi connectivity index (χ4n) is 1.21. The Balaban J connectivity index is 2.59. The van der Waals surface area contributed by atoms with E-state index in [-0.39, 0.29) is 5.15 Å². The van der Waals surface area contributed by atoms with Crippen LogP contribution in [-0.2, 0) is 0 Å². The van der Waals surface area contributed by atoms with E-state index in [4.69, 9.17) is 23.2 Å². The van der Waals surface area contributed by atoms with Crippen LogP contribution >= 0.6 is 23.2 Å². The molecule has 0 saturated carbocycles. The van der Waals surface area contributed by atoms with Gasteiger partial charge in [-0.05, 0) is 23.8 Å². The Kier molecular flexibility index (Phi) is 2.84. The third kappa shape index (κ3) is 2.08. The fraction of sp³-hybridized carbons (Fsp3) is 0. The monoisotopic (exact) mass is 242 g/mol. The van der Waals surface area contributed by atoms with Gasteiger partial charge < -0.3 is 0 Å². The molecule has 0 saturated heterocycles. The van der Waals surface area contributed by atoms with Crippen molar-refractivity contribution in [3.05, 3.63) is 46.7 Å². The normalized spacial score (nSPS) is 10.3. The Morgan fingerprint density at radius 2 is 1.80 bits per heavy atom. The Morgan fingerprint density at radius 3 is 2.53 bits per heavy atom. The molecule has 15 heavy (non-hydrogen) atoms. The maximum atomic E-state index is 13.6. The molecule has 0 atom stereocenters. The van der Waals surface area contributed by atoms with Crippen LogP contribution in [0.15, 0.2) is 30.6 Å². The molecule has 2 heterocycles. The lowest BCUT2D eigenvalue weighted by molar-refractivity contribution is 0.625. The molecule has 0 aliphatic rings. The van der Waals surface area contributed by atoms with Crippen LogP contribution in [-0.4, -0.2) is 9.97 Å². The largest absolute Gasteiger partial charge is 0.245 e. The van der Waals surface area contributed by atoms with Crippen LogP contribution in [0.3, 0.4) is 0 Å². The van der Waals surface area contributed by atoms with Gasteiger partial charge in [0, 0.05) is 18.0 Å². The third-order valence-electron chi connectivity index (χ3n) is 1.88. The molecule has 2 rings (SSSR count). The average Bonchev–Trinajstić information content (AvgIpc) is 2.22. The molecule has 0 amide bonds. The first-order valence-electron chi connectivity index (χ1n) is 4.10. The zero-order chi connectivity index (χ0) is 10.8. The van der Waals surface area contributed by atoms with E-state index in [1.807, 2.05) is 0 Å². The highest BCUT2D eigenvalue weighted by Gasteiger charge is 2.09. The first-order valence-corrected chi connectivity index (χ1v) is 4.86. The highest BCUT2D eigenvalue weighted by atomic mass is 35.5. The second kappa shape index (κ2) is 4.13. The number of hydrogen-bond acceptors (Lipinski definition) is 2. The molecule has 76 valence electrons. The van der Waals surface area contributed by atoms with Gasteiger partial charge in [-0.2, -0.15) is 0 Å². The Morgan fingerprint density at radius 1 is 1.07 bits per heavy atom. The first-order chi connectivity index (χ1) is 7.18. The van der Waals surface area contributed by atoms with Crippen LogP contribution in [0.4, 0.5) is 4.39 Å². The summed E-state index contributed by atoms with van der Waals surface area (Å²) < 4.78 is 13.6. The van der Waals surface area contributed by atoms with Crippen LogP contribution in [0.1, 0.15) is 0 Å². The molecule has 2 aromatic heterocycles. The summed E-state index contributed by atoms with van der Waals surface area (Å²) in [5.74, 6) is -0.554. The standard InChI is InChI=1S/C10H5Cl2FN2/c11-8-5-6(1-3-14-8)7-2-4-15-10(12)9(7)13/h1-5H. The molecule has 2 aromatic rings. The summed E-state index contributed by atoms with van der Waals surface area (Å²) in [6, 6.07) is 4.75. The number of halogens is 3. The van der Waals surface area contributed by atoms with Crippen molar-refractivity contribution < 1.29 is 4.39 Å². The van der Waals surface area contributed by atoms with Crippen molar-refractivity contribution in [3.8, 4) is 11.1 Å². The van der Waals surface area contributed by atoms with Crippen LogP contribution in [0.2, 0.25) is 10.3 Å². The molecule has 0 fully saturated rings. The maximum absolute atomic E-state index is 13.6. The maximum Gasteiger partial charge on any atom is 0.168 e. The molecule has 0 aromatic carbocycles. The summed E-state index contributed by atoms with van der Waals surface area (Å²) in [6.07, 6.45) is 2.94. The molecule has 0 spiro atoms. The van der Waals surface area contributed by atoms with Gasteiger partial charge in [0.2, 0.25) is 0 Å². The van der Waals surface area contributed by atoms with Crippen LogP contribution < -0.4 is 0 Å². The lowest BCUT2D eigenvalue weighted by Crippen LogP contribution is -1.88. The third-order valence-corrected chi connectivity index (χ3v) is 2.35. The van der Waals surface area contributed by atoms with Crippen LogP contribution in [0.25, 0.3) is 11.1 Å². The van der Waals surface area contributed by atoms with Gasteiger partial charge in [0.25, 0.3) is 0 Å². The first kappa shape index (κ1) is 10.3. The quantitative estimate of drug-likeness (QED) is 0.715. The molecule has 0 aliphatic heterocycles. The van der Waals surface area contributed by atoms with E-state index in [9.17, 15) is 4.39 Å². The van der Waals surface area contributed by atoms with Crippen LogP contribution in [0, 0.1) is 5.82 Å². The molecule has 0 aliphatic carbocycles. The van der Waals surface area contributed by atoms with E-state index in [1.165, 1.54) is 18.5 Å². The van der Waals surface area contributed by atoms with Gasteiger partial charge in [-0.1, -0.05) is 23.2 Å². The summed E-state index contributed by atoms with van der Waals surface area (Å²) in [4.78, 5) is 7.44. The molecule has 0 bridgehead atoms. The van der Waals surface area contributed by atoms with E-state index in [1.54, 1.807) is 12.1 Å². The van der Waals surface area contributed by atoms with Crippen molar-refractivity contribution in [1.82, 2.24) is 9.97 Å². The predicted molar refractivity (Wildman–Crippen MR) is 57.4 cm³/mol. The number of pyridine rings is 2. The number of nitrogens with zero attached hydrogens (tertiary/aromatic N) is 2. The van der Waals surface area contributed by atoms with Crippen LogP contribution in [0.5, 0.6) is 0 Å². The molecule has 0 unspecified atom stereocenters. The summed E-state index contributed by atoms with van der Waals surface area (Å²) in [7, 11) is 0. The van der Waals surface area contributed by atoms with Crippen molar-refractivity contribution in [1.29, 1.82) is 0 Å². The van der Waals surface area contributed by atoms with E-state index < -0.39 is 5.82 Å². The van der Waals surface area contributed by atoms with Crippen molar-refractivity contribution in [2.45, 2.75) is 0 Å². The van der Waals surface area contributed by atoms with E-state index in [0.29, 0.717) is 16.3 Å². The van der Waals surface area contributed by atoms with Gasteiger partial charge >= 0.3 is 0 Å². The zero-order valence-electron chi connectivity index (χ0n) is 7.42. The minimum atomic E-state index is -0.554.